The van der Waals surface area contributed by atoms with Crippen LogP contribution in [0.3, 0.4) is 0 Å². The van der Waals surface area contributed by atoms with Crippen molar-refractivity contribution in [2.45, 2.75) is 12.8 Å². The largest absolute Gasteiger partial charge is 0.481 e. The Morgan fingerprint density at radius 1 is 1.77 bits per heavy atom. The molecule has 13 heavy (non-hydrogen) atoms. The summed E-state index contributed by atoms with van der Waals surface area (Å²) in [6.07, 6.45) is 1.41. The third kappa shape index (κ3) is 2.55. The molecule has 0 spiro atoms. The Morgan fingerprint density at radius 3 is 2.92 bits per heavy atom. The number of aliphatic carboxylic acids is 1. The second-order valence-corrected chi connectivity index (χ2v) is 2.38. The van der Waals surface area contributed by atoms with Crippen molar-refractivity contribution in [3.05, 3.63) is 22.0 Å². The van der Waals surface area contributed by atoms with E-state index in [9.17, 15) is 14.9 Å². The van der Waals surface area contributed by atoms with Gasteiger partial charge in [0.25, 0.3) is 0 Å². The van der Waals surface area contributed by atoms with Gasteiger partial charge in [-0.05, 0) is 4.92 Å². The quantitative estimate of drug-likeness (QED) is 0.519. The Hall–Kier alpha value is -1.92. The standard InChI is InChI=1S/C6H7N3O4/c10-5(11)2-1-4-3-7-6(8-4)9(12)13/h3H,1-2H2,(H,7,8)(H,10,11). The molecular formula is C6H7N3O4. The molecule has 0 fully saturated rings. The summed E-state index contributed by atoms with van der Waals surface area (Å²) in [5.74, 6) is -1.31. The number of nitrogens with zero attached hydrogens (tertiary/aromatic N) is 2. The van der Waals surface area contributed by atoms with Gasteiger partial charge in [-0.15, -0.1) is 0 Å². The van der Waals surface area contributed by atoms with E-state index in [0.717, 1.165) is 0 Å². The maximum absolute atomic E-state index is 10.1. The molecule has 1 rings (SSSR count). The van der Waals surface area contributed by atoms with Crippen molar-refractivity contribution < 1.29 is 14.8 Å². The zero-order valence-corrected chi connectivity index (χ0v) is 6.56. The Morgan fingerprint density at radius 2 is 2.46 bits per heavy atom. The minimum Gasteiger partial charge on any atom is -0.481 e. The summed E-state index contributed by atoms with van der Waals surface area (Å²) in [5, 5.41) is 18.5. The Kier molecular flexibility index (Phi) is 2.58. The monoisotopic (exact) mass is 185 g/mol. The second-order valence-electron chi connectivity index (χ2n) is 2.38. The normalized spacial score (nSPS) is 9.85. The van der Waals surface area contributed by atoms with Gasteiger partial charge in [0, 0.05) is 6.42 Å². The van der Waals surface area contributed by atoms with Gasteiger partial charge in [-0.1, -0.05) is 4.98 Å². The Balaban J connectivity index is 2.59. The molecule has 0 unspecified atom stereocenters. The van der Waals surface area contributed by atoms with Crippen molar-refractivity contribution in [2.24, 2.45) is 0 Å². The fourth-order valence-electron chi connectivity index (χ4n) is 0.809. The number of carboxylic acids is 1. The van der Waals surface area contributed by atoms with E-state index in [1.165, 1.54) is 6.20 Å². The zero-order chi connectivity index (χ0) is 9.84. The maximum atomic E-state index is 10.1. The summed E-state index contributed by atoms with van der Waals surface area (Å²) in [5.41, 5.74) is 0.453. The number of nitro groups is 1. The predicted octanol–water partition coefficient (Wildman–Crippen LogP) is 0.335. The molecule has 0 aliphatic carbocycles. The molecule has 0 aliphatic heterocycles. The lowest BCUT2D eigenvalue weighted by molar-refractivity contribution is -0.393. The SMILES string of the molecule is O=C(O)CCc1cnc([N+](=O)[O-])[nH]1. The molecule has 1 aromatic heterocycles. The molecule has 7 heteroatoms. The molecular weight excluding hydrogens is 178 g/mol. The van der Waals surface area contributed by atoms with Gasteiger partial charge in [-0.2, -0.15) is 0 Å². The van der Waals surface area contributed by atoms with E-state index >= 15 is 0 Å². The van der Waals surface area contributed by atoms with E-state index in [1.807, 2.05) is 0 Å². The molecule has 7 nitrogen and oxygen atoms in total. The summed E-state index contributed by atoms with van der Waals surface area (Å²) in [6, 6.07) is 0. The van der Waals surface area contributed by atoms with Crippen LogP contribution >= 0.6 is 0 Å². The number of imidazole rings is 1. The molecule has 2 N–H and O–H groups in total. The molecule has 0 atom stereocenters. The summed E-state index contributed by atoms with van der Waals surface area (Å²) in [6.45, 7) is 0. The van der Waals surface area contributed by atoms with Crippen LogP contribution in [0.2, 0.25) is 0 Å². The van der Waals surface area contributed by atoms with Crippen LogP contribution in [0.1, 0.15) is 12.1 Å². The van der Waals surface area contributed by atoms with Gasteiger partial charge >= 0.3 is 11.9 Å². The number of carbonyl (C=O) groups is 1. The number of nitrogens with one attached hydrogen (secondary N) is 1. The lowest BCUT2D eigenvalue weighted by atomic mass is 10.2. The topological polar surface area (TPSA) is 109 Å². The fourth-order valence-corrected chi connectivity index (χ4v) is 0.809. The molecule has 0 radical (unpaired) electrons. The molecule has 0 aromatic carbocycles. The number of rotatable bonds is 4. The van der Waals surface area contributed by atoms with Crippen LogP contribution in [0.15, 0.2) is 6.20 Å². The maximum Gasteiger partial charge on any atom is 0.432 e. The van der Waals surface area contributed by atoms with Crippen molar-refractivity contribution >= 4 is 11.9 Å². The average molecular weight is 185 g/mol. The lowest BCUT2D eigenvalue weighted by Gasteiger charge is -1.89. The van der Waals surface area contributed by atoms with Crippen molar-refractivity contribution in [1.82, 2.24) is 9.97 Å². The van der Waals surface area contributed by atoms with Gasteiger partial charge in [0.15, 0.2) is 0 Å². The van der Waals surface area contributed by atoms with E-state index < -0.39 is 10.9 Å². The number of carboxylic acid groups (broad SMARTS) is 1. The fraction of sp³-hybridized carbons (Fsp3) is 0.333. The first kappa shape index (κ1) is 9.17. The number of aromatic nitrogens is 2. The third-order valence-corrected chi connectivity index (χ3v) is 1.40. The minimum absolute atomic E-state index is 0.0701. The van der Waals surface area contributed by atoms with E-state index in [-0.39, 0.29) is 18.8 Å². The van der Waals surface area contributed by atoms with Gasteiger partial charge in [0.05, 0.1) is 6.42 Å². The van der Waals surface area contributed by atoms with Crippen LogP contribution in [0.4, 0.5) is 5.95 Å². The van der Waals surface area contributed by atoms with Gasteiger partial charge in [-0.3, -0.25) is 4.79 Å². The minimum atomic E-state index is -0.947. The molecule has 0 saturated carbocycles. The van der Waals surface area contributed by atoms with Crippen LogP contribution in [0.25, 0.3) is 0 Å². The van der Waals surface area contributed by atoms with Crippen molar-refractivity contribution in [3.8, 4) is 0 Å². The van der Waals surface area contributed by atoms with Crippen molar-refractivity contribution in [1.29, 1.82) is 0 Å². The summed E-state index contributed by atoms with van der Waals surface area (Å²) in [4.78, 5) is 25.5. The predicted molar refractivity (Wildman–Crippen MR) is 41.2 cm³/mol. The van der Waals surface area contributed by atoms with Crippen molar-refractivity contribution in [3.63, 3.8) is 0 Å². The first-order valence-corrected chi connectivity index (χ1v) is 3.49. The first-order chi connectivity index (χ1) is 6.09. The van der Waals surface area contributed by atoms with Crippen LogP contribution in [-0.2, 0) is 11.2 Å². The molecule has 1 aromatic rings. The van der Waals surface area contributed by atoms with Gasteiger partial charge in [0.2, 0.25) is 0 Å². The second kappa shape index (κ2) is 3.65. The summed E-state index contributed by atoms with van der Waals surface area (Å²) < 4.78 is 0. The number of hydrogen-bond donors (Lipinski definition) is 2. The molecule has 0 aliphatic rings. The third-order valence-electron chi connectivity index (χ3n) is 1.40. The number of aryl methyl sites for hydroxylation is 1. The smallest absolute Gasteiger partial charge is 0.432 e. The van der Waals surface area contributed by atoms with Crippen LogP contribution in [0, 0.1) is 10.1 Å². The highest BCUT2D eigenvalue weighted by Gasteiger charge is 2.11. The molecule has 1 heterocycles. The highest BCUT2D eigenvalue weighted by Crippen LogP contribution is 2.06. The van der Waals surface area contributed by atoms with E-state index in [2.05, 4.69) is 9.97 Å². The van der Waals surface area contributed by atoms with Gasteiger partial charge in [-0.25, -0.2) is 4.98 Å². The van der Waals surface area contributed by atoms with Crippen LogP contribution in [-0.4, -0.2) is 26.0 Å². The summed E-state index contributed by atoms with van der Waals surface area (Å²) in [7, 11) is 0. The zero-order valence-electron chi connectivity index (χ0n) is 6.56. The van der Waals surface area contributed by atoms with E-state index in [4.69, 9.17) is 5.11 Å². The number of H-pyrrole nitrogens is 1. The molecule has 0 saturated heterocycles. The van der Waals surface area contributed by atoms with Crippen LogP contribution in [0.5, 0.6) is 0 Å². The number of hydrogen-bond acceptors (Lipinski definition) is 4. The lowest BCUT2D eigenvalue weighted by Crippen LogP contribution is -1.97. The number of aromatic amines is 1. The van der Waals surface area contributed by atoms with Crippen LogP contribution < -0.4 is 0 Å². The molecule has 0 bridgehead atoms. The van der Waals surface area contributed by atoms with E-state index in [1.54, 1.807) is 0 Å². The van der Waals surface area contributed by atoms with Crippen molar-refractivity contribution in [2.75, 3.05) is 0 Å². The van der Waals surface area contributed by atoms with Gasteiger partial charge in [0.1, 0.15) is 11.9 Å². The summed E-state index contributed by atoms with van der Waals surface area (Å²) >= 11 is 0. The Labute approximate surface area is 72.6 Å². The first-order valence-electron chi connectivity index (χ1n) is 3.49. The van der Waals surface area contributed by atoms with E-state index in [0.29, 0.717) is 5.69 Å². The average Bonchev–Trinajstić information content (AvgIpc) is 2.48. The molecule has 70 valence electrons. The Bertz CT molecular complexity index is 332. The molecule has 0 amide bonds. The highest BCUT2D eigenvalue weighted by molar-refractivity contribution is 5.66. The van der Waals surface area contributed by atoms with Gasteiger partial charge < -0.3 is 15.2 Å². The highest BCUT2D eigenvalue weighted by atomic mass is 16.6.